The lowest BCUT2D eigenvalue weighted by atomic mass is 10.1. The number of carbonyl (C=O) groups is 2. The highest BCUT2D eigenvalue weighted by Crippen LogP contribution is 2.39. The maximum Gasteiger partial charge on any atom is 0.338 e. The molecule has 3 atom stereocenters. The van der Waals surface area contributed by atoms with Crippen LogP contribution in [-0.4, -0.2) is 56.9 Å². The minimum Gasteiger partial charge on any atom is -0.459 e. The van der Waals surface area contributed by atoms with Gasteiger partial charge < -0.3 is 19.5 Å². The molecular weight excluding hydrogens is 637 g/mol. The molecule has 1 N–H and O–H groups in total. The highest BCUT2D eigenvalue weighted by atomic mass is 19.1. The number of carbonyl (C=O) groups excluding carboxylic acids is 2. The monoisotopic (exact) mass is 667 g/mol. The number of nitrogens with zero attached hydrogens (tertiary/aromatic N) is 4. The summed E-state index contributed by atoms with van der Waals surface area (Å²) in [5.74, 6) is 2.57. The fourth-order valence-corrected chi connectivity index (χ4v) is 5.54. The van der Waals surface area contributed by atoms with Crippen LogP contribution >= 0.6 is 0 Å². The van der Waals surface area contributed by atoms with Crippen molar-refractivity contribution in [3.8, 4) is 11.8 Å². The van der Waals surface area contributed by atoms with E-state index in [4.69, 9.17) is 14.2 Å². The molecule has 10 nitrogen and oxygen atoms in total. The summed E-state index contributed by atoms with van der Waals surface area (Å²) in [7, 11) is 0. The second-order valence-corrected chi connectivity index (χ2v) is 11.5. The smallest absolute Gasteiger partial charge is 0.338 e. The summed E-state index contributed by atoms with van der Waals surface area (Å²) in [6, 6.07) is 35.6. The number of fused-ring (bicyclic) bond motifs is 1. The first-order valence-corrected chi connectivity index (χ1v) is 15.9. The van der Waals surface area contributed by atoms with E-state index in [-0.39, 0.29) is 29.2 Å². The van der Waals surface area contributed by atoms with Crippen molar-refractivity contribution < 1.29 is 28.2 Å². The Balaban J connectivity index is 1.26. The molecule has 0 spiro atoms. The van der Waals surface area contributed by atoms with Gasteiger partial charge in [0.2, 0.25) is 5.82 Å². The van der Waals surface area contributed by atoms with Gasteiger partial charge in [-0.3, -0.25) is 4.57 Å². The van der Waals surface area contributed by atoms with Crippen LogP contribution in [0.2, 0.25) is 0 Å². The van der Waals surface area contributed by atoms with Gasteiger partial charge in [-0.25, -0.2) is 28.9 Å². The van der Waals surface area contributed by atoms with Crippen LogP contribution in [0, 0.1) is 11.8 Å². The highest BCUT2D eigenvalue weighted by molar-refractivity contribution is 5.90. The van der Waals surface area contributed by atoms with E-state index < -0.39 is 36.5 Å². The molecule has 248 valence electrons. The molecular formula is C39H30FN5O5. The number of alkyl halides is 1. The largest absolute Gasteiger partial charge is 0.459 e. The van der Waals surface area contributed by atoms with Crippen molar-refractivity contribution in [1.29, 1.82) is 0 Å². The number of imidazole rings is 1. The molecule has 2 aromatic heterocycles. The zero-order chi connectivity index (χ0) is 34.3. The minimum absolute atomic E-state index is 0.0988. The van der Waals surface area contributed by atoms with E-state index in [1.54, 1.807) is 60.7 Å². The lowest BCUT2D eigenvalue weighted by Crippen LogP contribution is -2.46. The number of esters is 2. The quantitative estimate of drug-likeness (QED) is 0.148. The first kappa shape index (κ1) is 32.2. The molecule has 50 heavy (non-hydrogen) atoms. The predicted octanol–water partition coefficient (Wildman–Crippen LogP) is 5.94. The van der Waals surface area contributed by atoms with Crippen molar-refractivity contribution >= 4 is 28.9 Å². The molecule has 0 bridgehead atoms. The maximum atomic E-state index is 17.7. The average Bonchev–Trinajstić information content (AvgIpc) is 3.75. The third-order valence-corrected chi connectivity index (χ3v) is 8.10. The summed E-state index contributed by atoms with van der Waals surface area (Å²) in [6.07, 6.45) is -1.45. The third-order valence-electron chi connectivity index (χ3n) is 8.10. The van der Waals surface area contributed by atoms with Crippen LogP contribution in [-0.2, 0) is 26.5 Å². The Bertz CT molecular complexity index is 2170. The molecule has 1 fully saturated rings. The van der Waals surface area contributed by atoms with Crippen molar-refractivity contribution in [3.63, 3.8) is 0 Å². The van der Waals surface area contributed by atoms with Gasteiger partial charge in [0.25, 0.3) is 5.79 Å². The van der Waals surface area contributed by atoms with Gasteiger partial charge in [0, 0.05) is 12.1 Å². The molecule has 7 rings (SSSR count). The van der Waals surface area contributed by atoms with E-state index in [2.05, 4.69) is 32.1 Å². The topological polar surface area (TPSA) is 117 Å². The zero-order valence-corrected chi connectivity index (χ0v) is 26.6. The lowest BCUT2D eigenvalue weighted by molar-refractivity contribution is -0.0667. The number of rotatable bonds is 9. The molecule has 0 unspecified atom stereocenters. The number of aromatic nitrogens is 4. The average molecular weight is 668 g/mol. The predicted molar refractivity (Wildman–Crippen MR) is 183 cm³/mol. The van der Waals surface area contributed by atoms with Gasteiger partial charge in [0.1, 0.15) is 25.6 Å². The van der Waals surface area contributed by atoms with E-state index in [1.165, 1.54) is 10.9 Å². The first-order valence-electron chi connectivity index (χ1n) is 15.9. The van der Waals surface area contributed by atoms with Crippen LogP contribution in [0.5, 0.6) is 0 Å². The molecule has 1 saturated heterocycles. The van der Waals surface area contributed by atoms with E-state index in [9.17, 15) is 9.59 Å². The normalized spacial score (nSPS) is 18.2. The Labute approximate surface area is 286 Å². The molecule has 0 saturated carbocycles. The molecule has 1 aliphatic heterocycles. The van der Waals surface area contributed by atoms with Gasteiger partial charge >= 0.3 is 11.9 Å². The van der Waals surface area contributed by atoms with Crippen LogP contribution in [0.15, 0.2) is 128 Å². The molecule has 0 aliphatic carbocycles. The van der Waals surface area contributed by atoms with Crippen molar-refractivity contribution in [2.45, 2.75) is 24.5 Å². The standard InChI is InChI=1S/C39H30FN5O5/c40-39(25-49-31(24-48-37(46)29-17-9-3-10-18-29)34(39)50-38(47)30-19-11-4-12-20-30)45-26-42-33-35(41-23-28-15-7-2-8-16-28)43-32(44-36(33)45)22-21-27-13-5-1-6-14-27/h1-20,26,31,34H,23-25H2,(H,41,43,44)/t31-,34-,39-/m1/s1. The number of hydrogen-bond donors (Lipinski definition) is 1. The van der Waals surface area contributed by atoms with E-state index in [0.29, 0.717) is 17.9 Å². The maximum absolute atomic E-state index is 17.7. The molecule has 11 heteroatoms. The Morgan fingerprint density at radius 2 is 1.46 bits per heavy atom. The van der Waals surface area contributed by atoms with Gasteiger partial charge in [-0.05, 0) is 47.9 Å². The number of anilines is 1. The number of nitrogens with one attached hydrogen (secondary N) is 1. The SMILES string of the molecule is O=C(OC[C@H]1OC[C@@](F)(n2cnc3c(NCc4ccccc4)nc(C#Cc4ccccc4)nc32)[C@@H]1OC(=O)c1ccccc1)c1ccccc1. The molecule has 0 radical (unpaired) electrons. The second kappa shape index (κ2) is 14.4. The summed E-state index contributed by atoms with van der Waals surface area (Å²) in [6.45, 7) is -0.534. The van der Waals surface area contributed by atoms with Crippen LogP contribution in [0.1, 0.15) is 37.7 Å². The van der Waals surface area contributed by atoms with Gasteiger partial charge in [-0.1, -0.05) is 90.8 Å². The van der Waals surface area contributed by atoms with Crippen LogP contribution in [0.4, 0.5) is 10.2 Å². The Kier molecular flexibility index (Phi) is 9.26. The van der Waals surface area contributed by atoms with E-state index in [1.807, 2.05) is 60.7 Å². The summed E-state index contributed by atoms with van der Waals surface area (Å²) in [4.78, 5) is 39.9. The van der Waals surface area contributed by atoms with Crippen LogP contribution in [0.25, 0.3) is 11.2 Å². The summed E-state index contributed by atoms with van der Waals surface area (Å²) in [5, 5.41) is 3.29. The van der Waals surface area contributed by atoms with Gasteiger partial charge in [-0.2, -0.15) is 0 Å². The molecule has 6 aromatic rings. The first-order chi connectivity index (χ1) is 24.5. The Morgan fingerprint density at radius 3 is 2.14 bits per heavy atom. The minimum atomic E-state index is -2.52. The van der Waals surface area contributed by atoms with Crippen molar-refractivity contribution in [1.82, 2.24) is 19.5 Å². The molecule has 4 aromatic carbocycles. The molecule has 3 heterocycles. The van der Waals surface area contributed by atoms with Crippen molar-refractivity contribution in [2.75, 3.05) is 18.5 Å². The summed E-state index contributed by atoms with van der Waals surface area (Å²) >= 11 is 0. The molecule has 0 amide bonds. The van der Waals surface area contributed by atoms with Crippen LogP contribution in [0.3, 0.4) is 0 Å². The van der Waals surface area contributed by atoms with Crippen molar-refractivity contribution in [2.24, 2.45) is 0 Å². The fraction of sp³-hybridized carbons (Fsp3) is 0.154. The fourth-order valence-electron chi connectivity index (χ4n) is 5.54. The van der Waals surface area contributed by atoms with E-state index >= 15 is 4.39 Å². The Morgan fingerprint density at radius 1 is 0.840 bits per heavy atom. The number of halogens is 1. The van der Waals surface area contributed by atoms with Gasteiger partial charge in [0.05, 0.1) is 11.1 Å². The molecule has 1 aliphatic rings. The number of benzene rings is 4. The number of ether oxygens (including phenoxy) is 3. The van der Waals surface area contributed by atoms with Gasteiger partial charge in [-0.15, -0.1) is 0 Å². The third kappa shape index (κ3) is 6.92. The highest BCUT2D eigenvalue weighted by Gasteiger charge is 2.56. The zero-order valence-electron chi connectivity index (χ0n) is 26.6. The summed E-state index contributed by atoms with van der Waals surface area (Å²) in [5.41, 5.74) is 2.63. The van der Waals surface area contributed by atoms with Crippen LogP contribution < -0.4 is 5.32 Å². The van der Waals surface area contributed by atoms with Gasteiger partial charge in [0.15, 0.2) is 23.1 Å². The Hall–Kier alpha value is -6.38. The lowest BCUT2D eigenvalue weighted by Gasteiger charge is -2.29. The second-order valence-electron chi connectivity index (χ2n) is 11.5. The summed E-state index contributed by atoms with van der Waals surface area (Å²) < 4.78 is 36.1. The number of hydrogen-bond acceptors (Lipinski definition) is 9. The van der Waals surface area contributed by atoms with E-state index in [0.717, 1.165) is 11.1 Å². The van der Waals surface area contributed by atoms with Crippen molar-refractivity contribution in [3.05, 3.63) is 156 Å².